The summed E-state index contributed by atoms with van der Waals surface area (Å²) < 4.78 is 24.4. The quantitative estimate of drug-likeness (QED) is 0.357. The van der Waals surface area contributed by atoms with Crippen LogP contribution in [-0.2, 0) is 24.4 Å². The second kappa shape index (κ2) is 10.3. The third kappa shape index (κ3) is 5.00. The predicted octanol–water partition coefficient (Wildman–Crippen LogP) is 5.12. The Balaban J connectivity index is 1.30. The zero-order valence-corrected chi connectivity index (χ0v) is 19.1. The molecule has 34 heavy (non-hydrogen) atoms. The highest BCUT2D eigenvalue weighted by Gasteiger charge is 2.17. The summed E-state index contributed by atoms with van der Waals surface area (Å²) in [5.41, 5.74) is 4.24. The Labute approximate surface area is 198 Å². The van der Waals surface area contributed by atoms with Crippen LogP contribution in [0.3, 0.4) is 0 Å². The molecule has 1 aromatic heterocycles. The monoisotopic (exact) mass is 457 g/mol. The summed E-state index contributed by atoms with van der Waals surface area (Å²) in [6.07, 6.45) is 1.87. The normalized spacial score (nSPS) is 12.0. The lowest BCUT2D eigenvalue weighted by molar-refractivity contribution is 0.174. The number of anilines is 1. The maximum absolute atomic E-state index is 5.97. The average Bonchev–Trinajstić information content (AvgIpc) is 3.52. The molecule has 0 saturated carbocycles. The Morgan fingerprint density at radius 2 is 1.79 bits per heavy atom. The van der Waals surface area contributed by atoms with Crippen LogP contribution in [-0.4, -0.2) is 30.1 Å². The summed E-state index contributed by atoms with van der Waals surface area (Å²) in [4.78, 5) is 4.65. The van der Waals surface area contributed by atoms with E-state index in [9.17, 15) is 0 Å². The molecule has 7 nitrogen and oxygen atoms in total. The van der Waals surface area contributed by atoms with Crippen LogP contribution in [0.25, 0.3) is 11.3 Å². The van der Waals surface area contributed by atoms with E-state index in [-0.39, 0.29) is 6.79 Å². The third-order valence-corrected chi connectivity index (χ3v) is 5.64. The zero-order valence-electron chi connectivity index (χ0n) is 19.1. The van der Waals surface area contributed by atoms with Gasteiger partial charge in [0.15, 0.2) is 11.5 Å². The lowest BCUT2D eigenvalue weighted by atomic mass is 10.1. The van der Waals surface area contributed by atoms with Crippen molar-refractivity contribution in [3.63, 3.8) is 0 Å². The molecule has 4 aromatic rings. The summed E-state index contributed by atoms with van der Waals surface area (Å²) in [5, 5.41) is 3.47. The molecule has 5 rings (SSSR count). The summed E-state index contributed by atoms with van der Waals surface area (Å²) in [6.45, 7) is 2.65. The van der Waals surface area contributed by atoms with Crippen molar-refractivity contribution in [1.82, 2.24) is 9.55 Å². The van der Waals surface area contributed by atoms with Gasteiger partial charge in [-0.1, -0.05) is 42.5 Å². The number of aromatic nitrogens is 2. The first-order valence-corrected chi connectivity index (χ1v) is 11.2. The first kappa shape index (κ1) is 21.9. The fourth-order valence-electron chi connectivity index (χ4n) is 3.88. The third-order valence-electron chi connectivity index (χ3n) is 5.64. The van der Waals surface area contributed by atoms with E-state index in [0.29, 0.717) is 26.3 Å². The smallest absolute Gasteiger partial charge is 0.231 e. The van der Waals surface area contributed by atoms with Gasteiger partial charge in [-0.15, -0.1) is 0 Å². The van der Waals surface area contributed by atoms with Crippen molar-refractivity contribution in [3.8, 4) is 28.5 Å². The summed E-state index contributed by atoms with van der Waals surface area (Å²) in [7, 11) is 1.70. The Bertz CT molecular complexity index is 1240. The van der Waals surface area contributed by atoms with Gasteiger partial charge < -0.3 is 28.8 Å². The molecule has 0 fully saturated rings. The number of methoxy groups -OCH3 is 1. The highest BCUT2D eigenvalue weighted by Crippen LogP contribution is 2.36. The average molecular weight is 458 g/mol. The summed E-state index contributed by atoms with van der Waals surface area (Å²) >= 11 is 0. The number of benzene rings is 3. The lowest BCUT2D eigenvalue weighted by Gasteiger charge is -2.14. The fraction of sp³-hybridized carbons (Fsp3) is 0.222. The van der Waals surface area contributed by atoms with Crippen molar-refractivity contribution in [1.29, 1.82) is 0 Å². The number of hydrogen-bond donors (Lipinski definition) is 1. The van der Waals surface area contributed by atoms with Gasteiger partial charge in [-0.3, -0.25) is 0 Å². The van der Waals surface area contributed by atoms with E-state index in [2.05, 4.69) is 39.1 Å². The van der Waals surface area contributed by atoms with Gasteiger partial charge in [0.1, 0.15) is 12.4 Å². The Morgan fingerprint density at radius 1 is 0.941 bits per heavy atom. The molecule has 1 aliphatic heterocycles. The van der Waals surface area contributed by atoms with Gasteiger partial charge in [0.2, 0.25) is 12.7 Å². The highest BCUT2D eigenvalue weighted by atomic mass is 16.7. The second-order valence-electron chi connectivity index (χ2n) is 7.95. The molecule has 0 amide bonds. The number of fused-ring (bicyclic) bond motifs is 1. The van der Waals surface area contributed by atoms with E-state index in [1.165, 1.54) is 0 Å². The van der Waals surface area contributed by atoms with Gasteiger partial charge in [-0.05, 0) is 41.5 Å². The van der Waals surface area contributed by atoms with Crippen LogP contribution in [0, 0.1) is 0 Å². The topological polar surface area (TPSA) is 66.8 Å². The van der Waals surface area contributed by atoms with Gasteiger partial charge in [0.25, 0.3) is 0 Å². The van der Waals surface area contributed by atoms with Gasteiger partial charge in [0, 0.05) is 25.8 Å². The van der Waals surface area contributed by atoms with E-state index >= 15 is 0 Å². The molecule has 0 atom stereocenters. The maximum Gasteiger partial charge on any atom is 0.231 e. The predicted molar refractivity (Wildman–Crippen MR) is 130 cm³/mol. The minimum Gasteiger partial charge on any atom is -0.489 e. The molecule has 0 bridgehead atoms. The first-order chi connectivity index (χ1) is 16.8. The van der Waals surface area contributed by atoms with Gasteiger partial charge in [0.05, 0.1) is 18.5 Å². The standard InChI is InChI=1S/C27H27N3O4/c1-31-13-12-30-24(22-10-11-25-26(15-22)34-19-33-25)17-29-27(30)28-16-21-8-5-9-23(14-21)32-18-20-6-3-2-4-7-20/h2-11,14-15,17H,12-13,16,18-19H2,1H3,(H,28,29). The minimum absolute atomic E-state index is 0.253. The van der Waals surface area contributed by atoms with Crippen LogP contribution < -0.4 is 19.5 Å². The number of rotatable bonds is 10. The van der Waals surface area contributed by atoms with E-state index in [4.69, 9.17) is 18.9 Å². The molecule has 0 saturated heterocycles. The number of hydrogen-bond acceptors (Lipinski definition) is 6. The van der Waals surface area contributed by atoms with E-state index in [1.807, 2.05) is 54.7 Å². The van der Waals surface area contributed by atoms with Crippen molar-refractivity contribution in [2.45, 2.75) is 19.7 Å². The van der Waals surface area contributed by atoms with E-state index in [0.717, 1.165) is 45.6 Å². The van der Waals surface area contributed by atoms with Gasteiger partial charge >= 0.3 is 0 Å². The first-order valence-electron chi connectivity index (χ1n) is 11.2. The maximum atomic E-state index is 5.97. The van der Waals surface area contributed by atoms with Crippen LogP contribution in [0.5, 0.6) is 17.2 Å². The Morgan fingerprint density at radius 3 is 2.68 bits per heavy atom. The van der Waals surface area contributed by atoms with E-state index in [1.54, 1.807) is 7.11 Å². The molecule has 0 aliphatic carbocycles. The van der Waals surface area contributed by atoms with Crippen LogP contribution >= 0.6 is 0 Å². The second-order valence-corrected chi connectivity index (χ2v) is 7.95. The highest BCUT2D eigenvalue weighted by molar-refractivity contribution is 5.66. The minimum atomic E-state index is 0.253. The number of ether oxygens (including phenoxy) is 4. The largest absolute Gasteiger partial charge is 0.489 e. The molecule has 0 spiro atoms. The summed E-state index contributed by atoms with van der Waals surface area (Å²) in [5.74, 6) is 3.13. The number of nitrogens with one attached hydrogen (secondary N) is 1. The van der Waals surface area contributed by atoms with Crippen molar-refractivity contribution in [3.05, 3.63) is 90.1 Å². The van der Waals surface area contributed by atoms with Gasteiger partial charge in [-0.25, -0.2) is 4.98 Å². The number of nitrogens with zero attached hydrogens (tertiary/aromatic N) is 2. The molecule has 7 heteroatoms. The fourth-order valence-corrected chi connectivity index (χ4v) is 3.88. The van der Waals surface area contributed by atoms with Crippen molar-refractivity contribution < 1.29 is 18.9 Å². The van der Waals surface area contributed by atoms with Crippen LogP contribution in [0.2, 0.25) is 0 Å². The Kier molecular flexibility index (Phi) is 6.63. The molecule has 1 N–H and O–H groups in total. The molecular weight excluding hydrogens is 430 g/mol. The molecule has 1 aliphatic rings. The van der Waals surface area contributed by atoms with Crippen molar-refractivity contribution in [2.75, 3.05) is 25.8 Å². The molecule has 2 heterocycles. The van der Waals surface area contributed by atoms with Crippen LogP contribution in [0.1, 0.15) is 11.1 Å². The SMILES string of the molecule is COCCn1c(-c2ccc3c(c2)OCO3)cnc1NCc1cccc(OCc2ccccc2)c1. The molecule has 0 unspecified atom stereocenters. The zero-order chi connectivity index (χ0) is 23.2. The molecule has 3 aromatic carbocycles. The summed E-state index contributed by atoms with van der Waals surface area (Å²) in [6, 6.07) is 24.2. The van der Waals surface area contributed by atoms with Crippen molar-refractivity contribution in [2.24, 2.45) is 0 Å². The van der Waals surface area contributed by atoms with E-state index < -0.39 is 0 Å². The Hall–Kier alpha value is -3.97. The molecular formula is C27H27N3O4. The van der Waals surface area contributed by atoms with Crippen LogP contribution in [0.4, 0.5) is 5.95 Å². The molecule has 174 valence electrons. The molecule has 0 radical (unpaired) electrons. The lowest BCUT2D eigenvalue weighted by Crippen LogP contribution is -2.11. The van der Waals surface area contributed by atoms with Gasteiger partial charge in [-0.2, -0.15) is 0 Å². The number of imidazole rings is 1. The van der Waals surface area contributed by atoms with Crippen LogP contribution in [0.15, 0.2) is 79.0 Å². The van der Waals surface area contributed by atoms with Crippen molar-refractivity contribution >= 4 is 5.95 Å².